The standard InChI is InChI=1S/C13H15FN2O5/c1-13(19)2-4-15(5-3-13)10-7-9(14)8(12(17)18)6-11(10)16(20)21/h6-7,19H,2-5H2,1H3,(H,17,18). The summed E-state index contributed by atoms with van der Waals surface area (Å²) in [6, 6.07) is 1.61. The molecule has 0 radical (unpaired) electrons. The van der Waals surface area contributed by atoms with Crippen LogP contribution in [0.3, 0.4) is 0 Å². The van der Waals surface area contributed by atoms with Crippen molar-refractivity contribution in [3.63, 3.8) is 0 Å². The Morgan fingerprint density at radius 1 is 1.43 bits per heavy atom. The lowest BCUT2D eigenvalue weighted by atomic mass is 9.93. The highest BCUT2D eigenvalue weighted by molar-refractivity contribution is 5.90. The van der Waals surface area contributed by atoms with Crippen LogP contribution in [0.2, 0.25) is 0 Å². The van der Waals surface area contributed by atoms with E-state index in [0.717, 1.165) is 12.1 Å². The van der Waals surface area contributed by atoms with Crippen molar-refractivity contribution >= 4 is 17.3 Å². The summed E-state index contributed by atoms with van der Waals surface area (Å²) < 4.78 is 13.8. The number of anilines is 1. The number of hydrogen-bond acceptors (Lipinski definition) is 5. The summed E-state index contributed by atoms with van der Waals surface area (Å²) in [4.78, 5) is 22.8. The molecule has 0 unspecified atom stereocenters. The van der Waals surface area contributed by atoms with E-state index in [0.29, 0.717) is 25.9 Å². The lowest BCUT2D eigenvalue weighted by molar-refractivity contribution is -0.384. The number of hydrogen-bond donors (Lipinski definition) is 2. The van der Waals surface area contributed by atoms with Crippen molar-refractivity contribution in [2.24, 2.45) is 0 Å². The first-order valence-electron chi connectivity index (χ1n) is 6.40. The minimum absolute atomic E-state index is 0.0398. The van der Waals surface area contributed by atoms with Gasteiger partial charge in [0.25, 0.3) is 5.69 Å². The van der Waals surface area contributed by atoms with E-state index in [4.69, 9.17) is 5.11 Å². The van der Waals surface area contributed by atoms with Crippen molar-refractivity contribution in [2.45, 2.75) is 25.4 Å². The second kappa shape index (κ2) is 5.28. The lowest BCUT2D eigenvalue weighted by Crippen LogP contribution is -2.42. The van der Waals surface area contributed by atoms with Gasteiger partial charge in [0.1, 0.15) is 17.1 Å². The second-order valence-corrected chi connectivity index (χ2v) is 5.37. The first-order chi connectivity index (χ1) is 9.71. The zero-order valence-corrected chi connectivity index (χ0v) is 11.4. The smallest absolute Gasteiger partial charge is 0.338 e. The zero-order chi connectivity index (χ0) is 15.8. The maximum absolute atomic E-state index is 13.8. The van der Waals surface area contributed by atoms with E-state index in [1.807, 2.05) is 0 Å². The van der Waals surface area contributed by atoms with Crippen molar-refractivity contribution in [3.8, 4) is 0 Å². The summed E-state index contributed by atoms with van der Waals surface area (Å²) >= 11 is 0. The van der Waals surface area contributed by atoms with E-state index >= 15 is 0 Å². The Hall–Kier alpha value is -2.22. The largest absolute Gasteiger partial charge is 0.478 e. The molecule has 1 aromatic rings. The van der Waals surface area contributed by atoms with Gasteiger partial charge in [-0.05, 0) is 19.8 Å². The molecule has 1 aliphatic rings. The van der Waals surface area contributed by atoms with Gasteiger partial charge in [0.2, 0.25) is 0 Å². The number of nitro groups is 1. The third-order valence-corrected chi connectivity index (χ3v) is 3.67. The highest BCUT2D eigenvalue weighted by Crippen LogP contribution is 2.34. The fourth-order valence-corrected chi connectivity index (χ4v) is 2.34. The first kappa shape index (κ1) is 15.2. The van der Waals surface area contributed by atoms with Crippen LogP contribution in [0.4, 0.5) is 15.8 Å². The van der Waals surface area contributed by atoms with Crippen molar-refractivity contribution in [3.05, 3.63) is 33.6 Å². The molecule has 2 rings (SSSR count). The number of carboxylic acid groups (broad SMARTS) is 1. The molecule has 1 heterocycles. The van der Waals surface area contributed by atoms with Crippen LogP contribution in [-0.4, -0.2) is 39.8 Å². The molecule has 0 aromatic heterocycles. The van der Waals surface area contributed by atoms with Crippen LogP contribution in [0.25, 0.3) is 0 Å². The van der Waals surface area contributed by atoms with Crippen LogP contribution >= 0.6 is 0 Å². The molecule has 0 atom stereocenters. The predicted octanol–water partition coefficient (Wildman–Crippen LogP) is 1.78. The van der Waals surface area contributed by atoms with Crippen LogP contribution in [0.1, 0.15) is 30.1 Å². The van der Waals surface area contributed by atoms with Gasteiger partial charge in [-0.3, -0.25) is 10.1 Å². The molecule has 8 heteroatoms. The molecule has 0 bridgehead atoms. The molecule has 1 saturated heterocycles. The molecule has 0 aliphatic carbocycles. The van der Waals surface area contributed by atoms with E-state index < -0.39 is 33.6 Å². The molecule has 2 N–H and O–H groups in total. The molecule has 0 spiro atoms. The number of aliphatic hydroxyl groups is 1. The lowest BCUT2D eigenvalue weighted by Gasteiger charge is -2.36. The number of halogens is 1. The summed E-state index contributed by atoms with van der Waals surface area (Å²) in [6.07, 6.45) is 0.791. The highest BCUT2D eigenvalue weighted by Gasteiger charge is 2.31. The maximum Gasteiger partial charge on any atom is 0.338 e. The summed E-state index contributed by atoms with van der Waals surface area (Å²) in [5.74, 6) is -2.57. The number of piperidine rings is 1. The van der Waals surface area contributed by atoms with Gasteiger partial charge in [-0.25, -0.2) is 9.18 Å². The first-order valence-corrected chi connectivity index (χ1v) is 6.40. The number of carbonyl (C=O) groups is 1. The number of aromatic carboxylic acids is 1. The van der Waals surface area contributed by atoms with Crippen LogP contribution in [0, 0.1) is 15.9 Å². The number of nitro benzene ring substituents is 1. The number of carboxylic acids is 1. The van der Waals surface area contributed by atoms with Gasteiger partial charge in [0.05, 0.1) is 10.5 Å². The van der Waals surface area contributed by atoms with E-state index in [9.17, 15) is 24.4 Å². The number of rotatable bonds is 3. The van der Waals surface area contributed by atoms with Crippen LogP contribution in [0.5, 0.6) is 0 Å². The SMILES string of the molecule is CC1(O)CCN(c2cc(F)c(C(=O)O)cc2[N+](=O)[O-])CC1. The van der Waals surface area contributed by atoms with Gasteiger partial charge in [0, 0.05) is 25.2 Å². The summed E-state index contributed by atoms with van der Waals surface area (Å²) in [6.45, 7) is 2.34. The van der Waals surface area contributed by atoms with Gasteiger partial charge in [-0.2, -0.15) is 0 Å². The molecule has 1 aromatic carbocycles. The summed E-state index contributed by atoms with van der Waals surface area (Å²) in [5.41, 5.74) is -1.98. The maximum atomic E-state index is 13.8. The fourth-order valence-electron chi connectivity index (χ4n) is 2.34. The molecule has 7 nitrogen and oxygen atoms in total. The normalized spacial score (nSPS) is 17.6. The van der Waals surface area contributed by atoms with Crippen LogP contribution in [0.15, 0.2) is 12.1 Å². The minimum Gasteiger partial charge on any atom is -0.478 e. The minimum atomic E-state index is -1.55. The average Bonchev–Trinajstić information content (AvgIpc) is 2.37. The van der Waals surface area contributed by atoms with Gasteiger partial charge in [-0.1, -0.05) is 0 Å². The van der Waals surface area contributed by atoms with E-state index in [-0.39, 0.29) is 5.69 Å². The Morgan fingerprint density at radius 3 is 2.48 bits per heavy atom. The molecule has 1 fully saturated rings. The Bertz CT molecular complexity index is 592. The fraction of sp³-hybridized carbons (Fsp3) is 0.462. The van der Waals surface area contributed by atoms with Gasteiger partial charge in [-0.15, -0.1) is 0 Å². The van der Waals surface area contributed by atoms with Gasteiger partial charge in [0.15, 0.2) is 0 Å². The van der Waals surface area contributed by atoms with Crippen LogP contribution in [-0.2, 0) is 0 Å². The molecule has 0 saturated carbocycles. The van der Waals surface area contributed by atoms with Crippen molar-refractivity contribution < 1.29 is 24.3 Å². The predicted molar refractivity (Wildman–Crippen MR) is 72.1 cm³/mol. The van der Waals surface area contributed by atoms with Crippen molar-refractivity contribution in [1.82, 2.24) is 0 Å². The quantitative estimate of drug-likeness (QED) is 0.651. The molecular weight excluding hydrogens is 283 g/mol. The number of nitrogens with zero attached hydrogens (tertiary/aromatic N) is 2. The third-order valence-electron chi connectivity index (χ3n) is 3.67. The van der Waals surface area contributed by atoms with Crippen LogP contribution < -0.4 is 4.90 Å². The number of benzene rings is 1. The van der Waals surface area contributed by atoms with Gasteiger partial charge < -0.3 is 15.1 Å². The van der Waals surface area contributed by atoms with Gasteiger partial charge >= 0.3 is 5.97 Å². The topological polar surface area (TPSA) is 104 Å². The molecule has 114 valence electrons. The van der Waals surface area contributed by atoms with Crippen molar-refractivity contribution in [1.29, 1.82) is 0 Å². The highest BCUT2D eigenvalue weighted by atomic mass is 19.1. The molecule has 1 aliphatic heterocycles. The molecular formula is C13H15FN2O5. The Morgan fingerprint density at radius 2 is 2.00 bits per heavy atom. The van der Waals surface area contributed by atoms with E-state index in [1.54, 1.807) is 11.8 Å². The Kier molecular flexibility index (Phi) is 3.82. The Labute approximate surface area is 119 Å². The van der Waals surface area contributed by atoms with E-state index in [2.05, 4.69) is 0 Å². The second-order valence-electron chi connectivity index (χ2n) is 5.37. The summed E-state index contributed by atoms with van der Waals surface area (Å²) in [7, 11) is 0. The molecule has 21 heavy (non-hydrogen) atoms. The van der Waals surface area contributed by atoms with Crippen molar-refractivity contribution in [2.75, 3.05) is 18.0 Å². The van der Waals surface area contributed by atoms with E-state index in [1.165, 1.54) is 0 Å². The average molecular weight is 298 g/mol. The Balaban J connectivity index is 2.41. The molecule has 0 amide bonds. The monoisotopic (exact) mass is 298 g/mol. The third kappa shape index (κ3) is 3.10. The zero-order valence-electron chi connectivity index (χ0n) is 11.4. The summed E-state index contributed by atoms with van der Waals surface area (Å²) in [5, 5.41) is 29.8.